The number of hydrogen-bond acceptors (Lipinski definition) is 5. The third-order valence-electron chi connectivity index (χ3n) is 4.11. The number of nitro benzene ring substituents is 1. The first-order valence-electron chi connectivity index (χ1n) is 8.21. The van der Waals surface area contributed by atoms with Gasteiger partial charge in [-0.3, -0.25) is 19.7 Å². The maximum atomic E-state index is 12.4. The Morgan fingerprint density at radius 1 is 1.19 bits per heavy atom. The zero-order valence-corrected chi connectivity index (χ0v) is 13.9. The number of carbonyl (C=O) groups is 2. The number of anilines is 2. The summed E-state index contributed by atoms with van der Waals surface area (Å²) in [6.45, 7) is 0.361. The van der Waals surface area contributed by atoms with Gasteiger partial charge in [-0.15, -0.1) is 0 Å². The lowest BCUT2D eigenvalue weighted by atomic mass is 10.1. The van der Waals surface area contributed by atoms with E-state index in [1.165, 1.54) is 18.2 Å². The summed E-state index contributed by atoms with van der Waals surface area (Å²) >= 11 is 0. The van der Waals surface area contributed by atoms with E-state index in [2.05, 4.69) is 16.0 Å². The molecule has 1 aliphatic heterocycles. The summed E-state index contributed by atoms with van der Waals surface area (Å²) in [5.74, 6) is -0.442. The molecule has 0 spiro atoms. The normalized spacial score (nSPS) is 16.5. The second-order valence-corrected chi connectivity index (χ2v) is 5.99. The highest BCUT2D eigenvalue weighted by Crippen LogP contribution is 2.28. The Morgan fingerprint density at radius 3 is 2.62 bits per heavy atom. The molecular weight excluding hydrogens is 336 g/mol. The first-order chi connectivity index (χ1) is 12.5. The number of rotatable bonds is 5. The van der Waals surface area contributed by atoms with E-state index >= 15 is 0 Å². The van der Waals surface area contributed by atoms with E-state index in [4.69, 9.17) is 0 Å². The van der Waals surface area contributed by atoms with Gasteiger partial charge in [-0.05, 0) is 30.7 Å². The summed E-state index contributed by atoms with van der Waals surface area (Å²) in [5.41, 5.74) is 1.04. The van der Waals surface area contributed by atoms with Crippen LogP contribution in [0, 0.1) is 10.1 Å². The lowest BCUT2D eigenvalue weighted by molar-refractivity contribution is -0.383. The fourth-order valence-electron chi connectivity index (χ4n) is 2.73. The van der Waals surface area contributed by atoms with Crippen LogP contribution in [0.5, 0.6) is 0 Å². The summed E-state index contributed by atoms with van der Waals surface area (Å²) in [7, 11) is 0. The predicted molar refractivity (Wildman–Crippen MR) is 96.3 cm³/mol. The molecule has 8 nitrogen and oxygen atoms in total. The van der Waals surface area contributed by atoms with E-state index < -0.39 is 10.8 Å². The Labute approximate surface area is 149 Å². The van der Waals surface area contributed by atoms with Gasteiger partial charge >= 0.3 is 0 Å². The van der Waals surface area contributed by atoms with Gasteiger partial charge in [-0.2, -0.15) is 0 Å². The molecule has 0 aliphatic carbocycles. The Kier molecular flexibility index (Phi) is 5.12. The summed E-state index contributed by atoms with van der Waals surface area (Å²) < 4.78 is 0. The molecule has 1 aliphatic rings. The van der Waals surface area contributed by atoms with Crippen LogP contribution in [-0.2, 0) is 4.79 Å². The van der Waals surface area contributed by atoms with Crippen molar-refractivity contribution in [3.8, 4) is 0 Å². The molecule has 2 amide bonds. The minimum atomic E-state index is -0.525. The maximum absolute atomic E-state index is 12.4. The van der Waals surface area contributed by atoms with Gasteiger partial charge in [0.25, 0.3) is 11.6 Å². The second-order valence-electron chi connectivity index (χ2n) is 5.99. The third kappa shape index (κ3) is 4.15. The van der Waals surface area contributed by atoms with Crippen LogP contribution >= 0.6 is 0 Å². The van der Waals surface area contributed by atoms with Crippen LogP contribution in [0.25, 0.3) is 0 Å². The molecule has 2 aromatic rings. The Morgan fingerprint density at radius 2 is 1.96 bits per heavy atom. The van der Waals surface area contributed by atoms with Gasteiger partial charge in [0, 0.05) is 36.3 Å². The van der Waals surface area contributed by atoms with E-state index in [1.54, 1.807) is 12.1 Å². The van der Waals surface area contributed by atoms with E-state index in [9.17, 15) is 19.7 Å². The lowest BCUT2D eigenvalue weighted by Crippen LogP contribution is -2.47. The van der Waals surface area contributed by atoms with Gasteiger partial charge in [-0.1, -0.05) is 18.2 Å². The largest absolute Gasteiger partial charge is 0.354 e. The average molecular weight is 354 g/mol. The first kappa shape index (κ1) is 17.4. The molecule has 26 heavy (non-hydrogen) atoms. The lowest BCUT2D eigenvalue weighted by Gasteiger charge is -2.23. The smallest absolute Gasteiger partial charge is 0.293 e. The second kappa shape index (κ2) is 7.64. The Hall–Kier alpha value is -3.42. The van der Waals surface area contributed by atoms with Crippen LogP contribution in [0.1, 0.15) is 23.2 Å². The molecule has 1 heterocycles. The predicted octanol–water partition coefficient (Wildman–Crippen LogP) is 2.35. The Bertz CT molecular complexity index is 828. The summed E-state index contributed by atoms with van der Waals surface area (Å²) in [6, 6.07) is 13.2. The zero-order chi connectivity index (χ0) is 18.5. The van der Waals surface area contributed by atoms with E-state index in [0.717, 1.165) is 0 Å². The minimum absolute atomic E-state index is 0.0394. The van der Waals surface area contributed by atoms with Crippen molar-refractivity contribution < 1.29 is 14.5 Å². The third-order valence-corrected chi connectivity index (χ3v) is 4.11. The van der Waals surface area contributed by atoms with Crippen molar-refractivity contribution in [3.05, 3.63) is 64.2 Å². The van der Waals surface area contributed by atoms with Crippen LogP contribution in [-0.4, -0.2) is 29.3 Å². The summed E-state index contributed by atoms with van der Waals surface area (Å²) in [4.78, 5) is 34.4. The molecule has 0 aromatic heterocycles. The molecule has 3 N–H and O–H groups in total. The van der Waals surface area contributed by atoms with Crippen molar-refractivity contribution in [2.45, 2.75) is 18.9 Å². The summed E-state index contributed by atoms with van der Waals surface area (Å²) in [5, 5.41) is 19.9. The minimum Gasteiger partial charge on any atom is -0.354 e. The van der Waals surface area contributed by atoms with Crippen molar-refractivity contribution in [2.24, 2.45) is 0 Å². The van der Waals surface area contributed by atoms with Gasteiger partial charge < -0.3 is 16.0 Å². The topological polar surface area (TPSA) is 113 Å². The highest BCUT2D eigenvalue weighted by Gasteiger charge is 2.22. The number of nitrogens with zero attached hydrogens (tertiary/aromatic N) is 1. The zero-order valence-electron chi connectivity index (χ0n) is 13.9. The number of benzene rings is 2. The van der Waals surface area contributed by atoms with Gasteiger partial charge in [0.15, 0.2) is 0 Å². The monoisotopic (exact) mass is 354 g/mol. The van der Waals surface area contributed by atoms with Gasteiger partial charge in [0.1, 0.15) is 5.69 Å². The van der Waals surface area contributed by atoms with Crippen LogP contribution in [0.4, 0.5) is 17.1 Å². The summed E-state index contributed by atoms with van der Waals surface area (Å²) in [6.07, 6.45) is 0.901. The Balaban J connectivity index is 1.76. The number of piperidine rings is 1. The van der Waals surface area contributed by atoms with Crippen molar-refractivity contribution in [2.75, 3.05) is 11.9 Å². The van der Waals surface area contributed by atoms with E-state index in [1.807, 2.05) is 18.2 Å². The van der Waals surface area contributed by atoms with Crippen LogP contribution < -0.4 is 16.0 Å². The molecule has 2 aromatic carbocycles. The maximum Gasteiger partial charge on any atom is 0.293 e. The molecule has 134 valence electrons. The highest BCUT2D eigenvalue weighted by molar-refractivity contribution is 5.96. The molecule has 1 fully saturated rings. The first-order valence-corrected chi connectivity index (χ1v) is 8.21. The van der Waals surface area contributed by atoms with Crippen molar-refractivity contribution >= 4 is 28.9 Å². The van der Waals surface area contributed by atoms with Gasteiger partial charge in [0.05, 0.1) is 4.92 Å². The molecule has 1 unspecified atom stereocenters. The fourth-order valence-corrected chi connectivity index (χ4v) is 2.73. The van der Waals surface area contributed by atoms with Gasteiger partial charge in [0.2, 0.25) is 5.91 Å². The molecule has 1 atom stereocenters. The number of hydrogen-bond donors (Lipinski definition) is 3. The van der Waals surface area contributed by atoms with Crippen molar-refractivity contribution in [1.29, 1.82) is 0 Å². The molecule has 1 saturated heterocycles. The van der Waals surface area contributed by atoms with Crippen LogP contribution in [0.15, 0.2) is 48.5 Å². The van der Waals surface area contributed by atoms with Crippen LogP contribution in [0.2, 0.25) is 0 Å². The van der Waals surface area contributed by atoms with Crippen molar-refractivity contribution in [3.63, 3.8) is 0 Å². The highest BCUT2D eigenvalue weighted by atomic mass is 16.6. The molecule has 0 radical (unpaired) electrons. The van der Waals surface area contributed by atoms with Crippen molar-refractivity contribution in [1.82, 2.24) is 10.6 Å². The fraction of sp³-hybridized carbons (Fsp3) is 0.222. The molecule has 0 saturated carbocycles. The standard InChI is InChI=1S/C18H18N4O4/c23-17-9-7-14(11-19-17)21-18(24)12-6-8-15(16(10-12)22(25)26)20-13-4-2-1-3-5-13/h1-6,8,10,14,20H,7,9,11H2,(H,19,23)(H,21,24). The molecule has 0 bridgehead atoms. The molecule has 8 heteroatoms. The van der Waals surface area contributed by atoms with E-state index in [-0.39, 0.29) is 23.2 Å². The quantitative estimate of drug-likeness (QED) is 0.563. The molecule has 3 rings (SSSR count). The number of carbonyl (C=O) groups excluding carboxylic acids is 2. The number of para-hydroxylation sites is 1. The van der Waals surface area contributed by atoms with E-state index in [0.29, 0.717) is 30.8 Å². The molecular formula is C18H18N4O4. The average Bonchev–Trinajstić information content (AvgIpc) is 2.64. The number of nitrogens with one attached hydrogen (secondary N) is 3. The number of nitro groups is 1. The van der Waals surface area contributed by atoms with Crippen LogP contribution in [0.3, 0.4) is 0 Å². The SMILES string of the molecule is O=C1CCC(NC(=O)c2ccc(Nc3ccccc3)c([N+](=O)[O-])c2)CN1. The number of amides is 2. The van der Waals surface area contributed by atoms with Gasteiger partial charge in [-0.25, -0.2) is 0 Å².